The molecule has 0 unspecified atom stereocenters. The number of pyridine rings is 1. The molecular weight excluding hydrogens is 434 g/mol. The number of nitrogens with one attached hydrogen (secondary N) is 2. The molecule has 164 valence electrons. The lowest BCUT2D eigenvalue weighted by Gasteiger charge is -2.24. The van der Waals surface area contributed by atoms with E-state index in [2.05, 4.69) is 29.5 Å². The van der Waals surface area contributed by atoms with Gasteiger partial charge in [-0.2, -0.15) is 0 Å². The Bertz CT molecular complexity index is 1080. The van der Waals surface area contributed by atoms with Crippen molar-refractivity contribution >= 4 is 49.9 Å². The Morgan fingerprint density at radius 3 is 2.94 bits per heavy atom. The smallest absolute Gasteiger partial charge is 0.407 e. The highest BCUT2D eigenvalue weighted by atomic mass is 32.1. The summed E-state index contributed by atoms with van der Waals surface area (Å²) in [5.41, 5.74) is 2.83. The number of rotatable bonds is 7. The van der Waals surface area contributed by atoms with Crippen LogP contribution in [0.1, 0.15) is 37.1 Å². The van der Waals surface area contributed by atoms with Gasteiger partial charge in [0.1, 0.15) is 15.5 Å². The van der Waals surface area contributed by atoms with E-state index in [1.807, 2.05) is 6.07 Å². The van der Waals surface area contributed by atoms with Gasteiger partial charge in [-0.1, -0.05) is 6.92 Å². The van der Waals surface area contributed by atoms with Gasteiger partial charge in [-0.15, -0.1) is 22.7 Å². The van der Waals surface area contributed by atoms with Crippen LogP contribution in [-0.4, -0.2) is 51.1 Å². The minimum Gasteiger partial charge on any atom is -0.465 e. The van der Waals surface area contributed by atoms with Gasteiger partial charge in [-0.05, 0) is 31.4 Å². The molecule has 1 atom stereocenters. The summed E-state index contributed by atoms with van der Waals surface area (Å²) in [7, 11) is 0. The number of aromatic nitrogens is 2. The molecule has 3 N–H and O–H groups in total. The largest absolute Gasteiger partial charge is 0.465 e. The SMILES string of the molecule is CC[C@H](C)NCCC(=O)Nc1sc2c(c1-c1nc3cnccc3s1)CCN(C(=O)O)C2. The molecule has 3 aromatic rings. The second-order valence-electron chi connectivity index (χ2n) is 7.59. The third kappa shape index (κ3) is 4.70. The molecule has 4 heterocycles. The third-order valence-electron chi connectivity index (χ3n) is 5.44. The summed E-state index contributed by atoms with van der Waals surface area (Å²) in [6, 6.07) is 2.30. The third-order valence-corrected chi connectivity index (χ3v) is 7.63. The summed E-state index contributed by atoms with van der Waals surface area (Å²) in [5, 5.41) is 17.4. The summed E-state index contributed by atoms with van der Waals surface area (Å²) in [6.07, 6.45) is 4.54. The molecule has 1 aliphatic rings. The van der Waals surface area contributed by atoms with E-state index in [0.29, 0.717) is 38.5 Å². The number of nitrogens with zero attached hydrogens (tertiary/aromatic N) is 3. The normalized spacial score (nSPS) is 14.5. The summed E-state index contributed by atoms with van der Waals surface area (Å²) in [5.74, 6) is -0.0616. The average Bonchev–Trinajstić information content (AvgIpc) is 3.33. The Labute approximate surface area is 188 Å². The van der Waals surface area contributed by atoms with E-state index in [-0.39, 0.29) is 5.91 Å². The second-order valence-corrected chi connectivity index (χ2v) is 9.72. The van der Waals surface area contributed by atoms with Crippen LogP contribution >= 0.6 is 22.7 Å². The van der Waals surface area contributed by atoms with Crippen molar-refractivity contribution in [3.63, 3.8) is 0 Å². The highest BCUT2D eigenvalue weighted by Crippen LogP contribution is 2.45. The number of carboxylic acid groups (broad SMARTS) is 1. The molecule has 0 aliphatic carbocycles. The monoisotopic (exact) mass is 459 g/mol. The van der Waals surface area contributed by atoms with Crippen LogP contribution in [0.5, 0.6) is 0 Å². The van der Waals surface area contributed by atoms with Gasteiger partial charge >= 0.3 is 6.09 Å². The van der Waals surface area contributed by atoms with Crippen LogP contribution in [0.4, 0.5) is 9.80 Å². The lowest BCUT2D eigenvalue weighted by Crippen LogP contribution is -2.34. The van der Waals surface area contributed by atoms with Gasteiger partial charge in [0.15, 0.2) is 0 Å². The first-order valence-electron chi connectivity index (χ1n) is 10.3. The maximum atomic E-state index is 12.6. The van der Waals surface area contributed by atoms with Crippen LogP contribution in [0.2, 0.25) is 0 Å². The predicted octanol–water partition coefficient (Wildman–Crippen LogP) is 4.17. The topological polar surface area (TPSA) is 107 Å². The molecule has 0 radical (unpaired) electrons. The number of carbonyl (C=O) groups excluding carboxylic acids is 1. The molecule has 0 saturated heterocycles. The van der Waals surface area contributed by atoms with E-state index in [4.69, 9.17) is 4.98 Å². The summed E-state index contributed by atoms with van der Waals surface area (Å²) < 4.78 is 1.03. The van der Waals surface area contributed by atoms with Crippen molar-refractivity contribution in [2.45, 2.75) is 45.7 Å². The lowest BCUT2D eigenvalue weighted by molar-refractivity contribution is -0.116. The van der Waals surface area contributed by atoms with Gasteiger partial charge in [0.2, 0.25) is 5.91 Å². The zero-order chi connectivity index (χ0) is 22.0. The fraction of sp³-hybridized carbons (Fsp3) is 0.429. The van der Waals surface area contributed by atoms with Crippen molar-refractivity contribution in [2.24, 2.45) is 0 Å². The Morgan fingerprint density at radius 2 is 2.19 bits per heavy atom. The Kier molecular flexibility index (Phi) is 6.49. The summed E-state index contributed by atoms with van der Waals surface area (Å²) in [6.45, 7) is 5.58. The zero-order valence-corrected chi connectivity index (χ0v) is 19.1. The van der Waals surface area contributed by atoms with Crippen LogP contribution < -0.4 is 10.6 Å². The predicted molar refractivity (Wildman–Crippen MR) is 124 cm³/mol. The van der Waals surface area contributed by atoms with Crippen molar-refractivity contribution in [2.75, 3.05) is 18.4 Å². The number of carbonyl (C=O) groups is 2. The molecule has 3 aromatic heterocycles. The fourth-order valence-electron chi connectivity index (χ4n) is 3.53. The van der Waals surface area contributed by atoms with Crippen molar-refractivity contribution < 1.29 is 14.7 Å². The number of hydrogen-bond donors (Lipinski definition) is 3. The molecule has 0 fully saturated rings. The molecule has 8 nitrogen and oxygen atoms in total. The highest BCUT2D eigenvalue weighted by Gasteiger charge is 2.29. The number of thiazole rings is 1. The molecule has 4 rings (SSSR count). The highest BCUT2D eigenvalue weighted by molar-refractivity contribution is 7.22. The Morgan fingerprint density at radius 1 is 1.35 bits per heavy atom. The lowest BCUT2D eigenvalue weighted by atomic mass is 10.0. The van der Waals surface area contributed by atoms with Crippen LogP contribution in [-0.2, 0) is 17.8 Å². The summed E-state index contributed by atoms with van der Waals surface area (Å²) in [4.78, 5) is 35.4. The molecule has 0 aromatic carbocycles. The number of amides is 2. The molecule has 31 heavy (non-hydrogen) atoms. The number of thiophene rings is 1. The molecule has 1 aliphatic heterocycles. The first kappa shape index (κ1) is 21.7. The standard InChI is InChI=1S/C21H25N5O3S2/c1-3-12(2)23-8-5-17(27)25-20-18(19-24-14-10-22-7-4-15(14)30-19)13-6-9-26(21(28)29)11-16(13)31-20/h4,7,10,12,23H,3,5-6,8-9,11H2,1-2H3,(H,25,27)(H,28,29)/t12-/m0/s1. The van der Waals surface area contributed by atoms with E-state index >= 15 is 0 Å². The Hall–Kier alpha value is -2.56. The minimum atomic E-state index is -0.923. The average molecular weight is 460 g/mol. The van der Waals surface area contributed by atoms with Crippen molar-refractivity contribution in [3.8, 4) is 10.6 Å². The van der Waals surface area contributed by atoms with Gasteiger partial charge in [-0.3, -0.25) is 9.78 Å². The Balaban J connectivity index is 1.64. The quantitative estimate of drug-likeness (QED) is 0.489. The zero-order valence-electron chi connectivity index (χ0n) is 17.5. The van der Waals surface area contributed by atoms with Crippen LogP contribution in [0.25, 0.3) is 20.8 Å². The van der Waals surface area contributed by atoms with Crippen LogP contribution in [0.15, 0.2) is 18.5 Å². The number of hydrogen-bond acceptors (Lipinski definition) is 7. The maximum Gasteiger partial charge on any atom is 0.407 e. The van der Waals surface area contributed by atoms with E-state index in [1.54, 1.807) is 23.7 Å². The molecule has 0 saturated carbocycles. The second kappa shape index (κ2) is 9.29. The van der Waals surface area contributed by atoms with Gasteiger partial charge < -0.3 is 20.6 Å². The fourth-order valence-corrected chi connectivity index (χ4v) is 5.89. The van der Waals surface area contributed by atoms with Gasteiger partial charge in [0, 0.05) is 42.2 Å². The van der Waals surface area contributed by atoms with Crippen molar-refractivity contribution in [1.82, 2.24) is 20.2 Å². The van der Waals surface area contributed by atoms with E-state index in [9.17, 15) is 14.7 Å². The molecular formula is C21H25N5O3S2. The van der Waals surface area contributed by atoms with Crippen molar-refractivity contribution in [3.05, 3.63) is 28.9 Å². The minimum absolute atomic E-state index is 0.0616. The van der Waals surface area contributed by atoms with Crippen LogP contribution in [0, 0.1) is 0 Å². The molecule has 0 bridgehead atoms. The van der Waals surface area contributed by atoms with Gasteiger partial charge in [0.25, 0.3) is 0 Å². The van der Waals surface area contributed by atoms with E-state index < -0.39 is 6.09 Å². The van der Waals surface area contributed by atoms with Crippen LogP contribution in [0.3, 0.4) is 0 Å². The first-order chi connectivity index (χ1) is 15.0. The van der Waals surface area contributed by atoms with E-state index in [0.717, 1.165) is 42.7 Å². The number of fused-ring (bicyclic) bond motifs is 2. The first-order valence-corrected chi connectivity index (χ1v) is 12.0. The summed E-state index contributed by atoms with van der Waals surface area (Å²) >= 11 is 3.02. The molecule has 0 spiro atoms. The van der Waals surface area contributed by atoms with Gasteiger partial charge in [-0.25, -0.2) is 9.78 Å². The van der Waals surface area contributed by atoms with Crippen molar-refractivity contribution in [1.29, 1.82) is 0 Å². The molecule has 10 heteroatoms. The van der Waals surface area contributed by atoms with E-state index in [1.165, 1.54) is 16.2 Å². The van der Waals surface area contributed by atoms with Gasteiger partial charge in [0.05, 0.1) is 17.4 Å². The molecule has 2 amide bonds. The maximum absolute atomic E-state index is 12.6. The number of anilines is 1.